The van der Waals surface area contributed by atoms with Crippen LogP contribution in [0.2, 0.25) is 5.02 Å². The first-order valence-corrected chi connectivity index (χ1v) is 12.0. The molecule has 2 aromatic rings. The van der Waals surface area contributed by atoms with Gasteiger partial charge >= 0.3 is 0 Å². The number of aromatic amines is 1. The highest BCUT2D eigenvalue weighted by Crippen LogP contribution is 2.36. The third kappa shape index (κ3) is 5.33. The lowest BCUT2D eigenvalue weighted by molar-refractivity contribution is -0.132. The van der Waals surface area contributed by atoms with Gasteiger partial charge in [-0.3, -0.25) is 14.6 Å². The van der Waals surface area contributed by atoms with Crippen molar-refractivity contribution in [3.63, 3.8) is 0 Å². The number of aliphatic hydroxyl groups excluding tert-OH is 1. The smallest absolute Gasteiger partial charge is 0.274 e. The van der Waals surface area contributed by atoms with Crippen molar-refractivity contribution in [2.75, 3.05) is 26.3 Å². The molecular formula is C24H31ClN4O4. The zero-order chi connectivity index (χ0) is 23.4. The van der Waals surface area contributed by atoms with Crippen LogP contribution in [0.5, 0.6) is 5.75 Å². The fraction of sp³-hybridized carbons (Fsp3) is 0.542. The number of rotatable bonds is 9. The van der Waals surface area contributed by atoms with Gasteiger partial charge in [-0.25, -0.2) is 4.99 Å². The maximum atomic E-state index is 12.7. The van der Waals surface area contributed by atoms with Gasteiger partial charge in [0.2, 0.25) is 11.5 Å². The number of nitrogens with one attached hydrogen (secondary N) is 1. The third-order valence-corrected chi connectivity index (χ3v) is 6.93. The first-order valence-electron chi connectivity index (χ1n) is 11.7. The van der Waals surface area contributed by atoms with Crippen molar-refractivity contribution in [3.8, 4) is 5.75 Å². The maximum Gasteiger partial charge on any atom is 0.274 e. The number of carbonyl (C=O) groups is 1. The highest BCUT2D eigenvalue weighted by molar-refractivity contribution is 6.33. The Balaban J connectivity index is 1.32. The molecule has 0 radical (unpaired) electrons. The number of ether oxygens (including phenoxy) is 1. The van der Waals surface area contributed by atoms with Crippen LogP contribution in [0.3, 0.4) is 0 Å². The number of benzene rings is 1. The van der Waals surface area contributed by atoms with Gasteiger partial charge in [0.1, 0.15) is 11.1 Å². The summed E-state index contributed by atoms with van der Waals surface area (Å²) in [6.07, 6.45) is 6.99. The maximum absolute atomic E-state index is 12.7. The van der Waals surface area contributed by atoms with Crippen molar-refractivity contribution in [3.05, 3.63) is 44.0 Å². The summed E-state index contributed by atoms with van der Waals surface area (Å²) in [5, 5.41) is 10.2. The van der Waals surface area contributed by atoms with Crippen molar-refractivity contribution in [1.29, 1.82) is 0 Å². The molecule has 1 amide bonds. The molecule has 2 N–H and O–H groups in total. The van der Waals surface area contributed by atoms with Crippen molar-refractivity contribution in [2.45, 2.75) is 51.5 Å². The summed E-state index contributed by atoms with van der Waals surface area (Å²) in [4.78, 5) is 33.5. The largest absolute Gasteiger partial charge is 0.492 e. The minimum Gasteiger partial charge on any atom is -0.492 e. The number of H-pyrrole nitrogens is 1. The average molecular weight is 475 g/mol. The Labute approximate surface area is 197 Å². The Morgan fingerprint density at radius 1 is 1.33 bits per heavy atom. The SMILES string of the molecule is C=c1c(=O)[nH]c2n1Cc1c(ccc(OCCCC(=O)N(CCO)CC3CCCCC3)c1Cl)N=2. The summed E-state index contributed by atoms with van der Waals surface area (Å²) in [5.41, 5.74) is 1.65. The second-order valence-electron chi connectivity index (χ2n) is 8.82. The van der Waals surface area contributed by atoms with Crippen LogP contribution in [-0.2, 0) is 11.3 Å². The van der Waals surface area contributed by atoms with E-state index in [0.717, 1.165) is 24.9 Å². The fourth-order valence-corrected chi connectivity index (χ4v) is 4.94. The molecule has 0 unspecified atom stereocenters. The summed E-state index contributed by atoms with van der Waals surface area (Å²) < 4.78 is 7.57. The Morgan fingerprint density at radius 3 is 2.88 bits per heavy atom. The number of aliphatic hydroxyl groups is 1. The van der Waals surface area contributed by atoms with Crippen LogP contribution in [0.25, 0.3) is 6.58 Å². The van der Waals surface area contributed by atoms with Crippen LogP contribution in [0.4, 0.5) is 5.69 Å². The summed E-state index contributed by atoms with van der Waals surface area (Å²) in [6.45, 7) is 5.63. The zero-order valence-electron chi connectivity index (χ0n) is 18.8. The predicted octanol–water partition coefficient (Wildman–Crippen LogP) is 2.11. The minimum absolute atomic E-state index is 0.0194. The number of hydrogen-bond donors (Lipinski definition) is 2. The van der Waals surface area contributed by atoms with E-state index in [1.54, 1.807) is 15.5 Å². The van der Waals surface area contributed by atoms with E-state index < -0.39 is 0 Å². The summed E-state index contributed by atoms with van der Waals surface area (Å²) in [5.74, 6) is 1.13. The van der Waals surface area contributed by atoms with Crippen LogP contribution in [-0.4, -0.2) is 51.8 Å². The van der Waals surface area contributed by atoms with Crippen LogP contribution in [0.15, 0.2) is 21.9 Å². The molecule has 4 rings (SSSR count). The van der Waals surface area contributed by atoms with Crippen LogP contribution in [0, 0.1) is 5.92 Å². The number of halogens is 1. The first-order chi connectivity index (χ1) is 16.0. The van der Waals surface area contributed by atoms with Crippen molar-refractivity contribution in [1.82, 2.24) is 14.5 Å². The van der Waals surface area contributed by atoms with Crippen LogP contribution in [0.1, 0.15) is 50.5 Å². The highest BCUT2D eigenvalue weighted by Gasteiger charge is 2.21. The molecule has 0 saturated heterocycles. The number of nitrogens with zero attached hydrogens (tertiary/aromatic N) is 3. The number of aromatic nitrogens is 2. The van der Waals surface area contributed by atoms with E-state index in [1.165, 1.54) is 19.3 Å². The van der Waals surface area contributed by atoms with Crippen molar-refractivity contribution in [2.24, 2.45) is 10.9 Å². The van der Waals surface area contributed by atoms with E-state index in [4.69, 9.17) is 16.3 Å². The van der Waals surface area contributed by atoms with Gasteiger partial charge in [-0.1, -0.05) is 37.4 Å². The number of hydrogen-bond acceptors (Lipinski definition) is 5. The molecule has 0 bridgehead atoms. The molecule has 1 saturated carbocycles. The predicted molar refractivity (Wildman–Crippen MR) is 127 cm³/mol. The molecule has 1 aromatic carbocycles. The first kappa shape index (κ1) is 23.6. The summed E-state index contributed by atoms with van der Waals surface area (Å²) in [7, 11) is 0. The van der Waals surface area contributed by atoms with Gasteiger partial charge in [-0.15, -0.1) is 0 Å². The van der Waals surface area contributed by atoms with Gasteiger partial charge in [0.15, 0.2) is 0 Å². The molecule has 9 heteroatoms. The van der Waals surface area contributed by atoms with Gasteiger partial charge in [-0.05, 0) is 37.3 Å². The number of fused-ring (bicyclic) bond motifs is 2. The van der Waals surface area contributed by atoms with Crippen molar-refractivity contribution < 1.29 is 14.6 Å². The Bertz CT molecular complexity index is 1170. The second-order valence-corrected chi connectivity index (χ2v) is 9.20. The van der Waals surface area contributed by atoms with Gasteiger partial charge < -0.3 is 19.3 Å². The van der Waals surface area contributed by atoms with E-state index >= 15 is 0 Å². The van der Waals surface area contributed by atoms with E-state index in [1.807, 2.05) is 6.07 Å². The molecule has 178 valence electrons. The monoisotopic (exact) mass is 474 g/mol. The third-order valence-electron chi connectivity index (χ3n) is 6.51. The van der Waals surface area contributed by atoms with E-state index in [0.29, 0.717) is 65.9 Å². The molecule has 1 aromatic heterocycles. The Kier molecular flexibility index (Phi) is 7.55. The lowest BCUT2D eigenvalue weighted by Gasteiger charge is -2.29. The fourth-order valence-electron chi connectivity index (χ4n) is 4.66. The molecular weight excluding hydrogens is 444 g/mol. The zero-order valence-corrected chi connectivity index (χ0v) is 19.6. The molecule has 8 nitrogen and oxygen atoms in total. The lowest BCUT2D eigenvalue weighted by Crippen LogP contribution is -2.38. The normalized spacial score (nSPS) is 15.5. The summed E-state index contributed by atoms with van der Waals surface area (Å²) >= 11 is 6.58. The molecule has 1 aliphatic carbocycles. The minimum atomic E-state index is -0.266. The molecule has 0 spiro atoms. The second kappa shape index (κ2) is 10.6. The molecule has 1 aliphatic heterocycles. The number of carbonyl (C=O) groups excluding carboxylic acids is 1. The lowest BCUT2D eigenvalue weighted by atomic mass is 9.89. The molecule has 2 heterocycles. The quantitative estimate of drug-likeness (QED) is 0.464. The topological polar surface area (TPSA) is 99.9 Å². The summed E-state index contributed by atoms with van der Waals surface area (Å²) in [6, 6.07) is 3.57. The average Bonchev–Trinajstić information content (AvgIpc) is 3.10. The van der Waals surface area contributed by atoms with Crippen LogP contribution >= 0.6 is 11.6 Å². The molecule has 2 aliphatic rings. The highest BCUT2D eigenvalue weighted by atomic mass is 35.5. The standard InChI is InChI=1S/C24H31ClN4O4/c1-16-23(32)27-24-26-19-9-10-20(22(25)18(19)15-29(16)24)33-13-5-8-21(31)28(11-12-30)14-17-6-3-2-4-7-17/h9-10,17,30H,1-8,11-15H2,(H,26,27,32). The number of imidazole rings is 1. The van der Waals surface area contributed by atoms with Crippen LogP contribution < -0.4 is 21.3 Å². The van der Waals surface area contributed by atoms with E-state index in [-0.39, 0.29) is 18.1 Å². The molecule has 1 fully saturated rings. The van der Waals surface area contributed by atoms with Gasteiger partial charge in [-0.2, -0.15) is 0 Å². The van der Waals surface area contributed by atoms with E-state index in [9.17, 15) is 14.7 Å². The Morgan fingerprint density at radius 2 is 2.12 bits per heavy atom. The van der Waals surface area contributed by atoms with Crippen molar-refractivity contribution >= 4 is 29.8 Å². The van der Waals surface area contributed by atoms with Gasteiger partial charge in [0, 0.05) is 25.1 Å². The molecule has 0 atom stereocenters. The number of amides is 1. The molecule has 33 heavy (non-hydrogen) atoms. The van der Waals surface area contributed by atoms with E-state index in [2.05, 4.69) is 16.6 Å². The van der Waals surface area contributed by atoms with Gasteiger partial charge in [0.25, 0.3) is 5.56 Å². The Hall–Kier alpha value is -2.58. The van der Waals surface area contributed by atoms with Gasteiger partial charge in [0.05, 0.1) is 30.5 Å².